The molecule has 92 valence electrons. The molecule has 0 radical (unpaired) electrons. The number of ether oxygens (including phenoxy) is 1. The summed E-state index contributed by atoms with van der Waals surface area (Å²) in [5, 5.41) is 13.6. The molecule has 1 aromatic rings. The highest BCUT2D eigenvalue weighted by molar-refractivity contribution is 5.51. The standard InChI is InChI=1S/C11H13FN2O3/c12-10-2-1-9(5-11(10)14(15)16)13-6-8-3-4-17-7-8/h1-2,5,8,13H,3-4,6-7H2. The first-order valence-corrected chi connectivity index (χ1v) is 5.42. The van der Waals surface area contributed by atoms with Crippen LogP contribution in [0.1, 0.15) is 6.42 Å². The second-order valence-corrected chi connectivity index (χ2v) is 4.03. The number of nitro groups is 1. The molecule has 5 nitrogen and oxygen atoms in total. The number of anilines is 1. The lowest BCUT2D eigenvalue weighted by atomic mass is 10.1. The van der Waals surface area contributed by atoms with Gasteiger partial charge >= 0.3 is 5.69 Å². The predicted octanol–water partition coefficient (Wildman–Crippen LogP) is 2.18. The minimum Gasteiger partial charge on any atom is -0.384 e. The molecule has 1 saturated heterocycles. The van der Waals surface area contributed by atoms with E-state index in [0.29, 0.717) is 24.8 Å². The Hall–Kier alpha value is -1.69. The maximum Gasteiger partial charge on any atom is 0.306 e. The Morgan fingerprint density at radius 1 is 1.59 bits per heavy atom. The Labute approximate surface area is 97.7 Å². The lowest BCUT2D eigenvalue weighted by molar-refractivity contribution is -0.387. The molecular weight excluding hydrogens is 227 g/mol. The number of nitrogens with zero attached hydrogens (tertiary/aromatic N) is 1. The van der Waals surface area contributed by atoms with E-state index in [1.165, 1.54) is 12.1 Å². The van der Waals surface area contributed by atoms with Crippen molar-refractivity contribution >= 4 is 11.4 Å². The summed E-state index contributed by atoms with van der Waals surface area (Å²) in [5.41, 5.74) is 0.0580. The molecule has 0 aromatic heterocycles. The highest BCUT2D eigenvalue weighted by atomic mass is 19.1. The topological polar surface area (TPSA) is 64.4 Å². The summed E-state index contributed by atoms with van der Waals surface area (Å²) in [6.45, 7) is 2.15. The second kappa shape index (κ2) is 5.09. The van der Waals surface area contributed by atoms with Gasteiger partial charge in [-0.25, -0.2) is 0 Å². The van der Waals surface area contributed by atoms with E-state index in [4.69, 9.17) is 4.74 Å². The van der Waals surface area contributed by atoms with E-state index >= 15 is 0 Å². The van der Waals surface area contributed by atoms with Crippen molar-refractivity contribution in [3.05, 3.63) is 34.1 Å². The molecule has 1 heterocycles. The van der Waals surface area contributed by atoms with Crippen LogP contribution in [0.4, 0.5) is 15.8 Å². The molecule has 0 spiro atoms. The molecule has 1 aliphatic heterocycles. The van der Waals surface area contributed by atoms with Crippen molar-refractivity contribution in [3.8, 4) is 0 Å². The molecule has 0 aliphatic carbocycles. The van der Waals surface area contributed by atoms with Crippen LogP contribution < -0.4 is 5.32 Å². The average Bonchev–Trinajstić information content (AvgIpc) is 2.80. The van der Waals surface area contributed by atoms with Gasteiger partial charge in [-0.15, -0.1) is 0 Å². The number of hydrogen-bond donors (Lipinski definition) is 1. The summed E-state index contributed by atoms with van der Waals surface area (Å²) < 4.78 is 18.3. The van der Waals surface area contributed by atoms with E-state index in [9.17, 15) is 14.5 Å². The van der Waals surface area contributed by atoms with Crippen molar-refractivity contribution in [2.24, 2.45) is 5.92 Å². The smallest absolute Gasteiger partial charge is 0.306 e. The summed E-state index contributed by atoms with van der Waals surface area (Å²) in [7, 11) is 0. The number of benzene rings is 1. The molecule has 1 unspecified atom stereocenters. The van der Waals surface area contributed by atoms with Crippen LogP contribution in [0.2, 0.25) is 0 Å². The van der Waals surface area contributed by atoms with Gasteiger partial charge in [0.1, 0.15) is 0 Å². The SMILES string of the molecule is O=[N+]([O-])c1cc(NCC2CCOC2)ccc1F. The van der Waals surface area contributed by atoms with Crippen LogP contribution >= 0.6 is 0 Å². The van der Waals surface area contributed by atoms with Crippen molar-refractivity contribution < 1.29 is 14.1 Å². The van der Waals surface area contributed by atoms with E-state index in [1.807, 2.05) is 0 Å². The van der Waals surface area contributed by atoms with Gasteiger partial charge in [-0.05, 0) is 18.6 Å². The van der Waals surface area contributed by atoms with Gasteiger partial charge in [0.05, 0.1) is 11.5 Å². The zero-order chi connectivity index (χ0) is 12.3. The van der Waals surface area contributed by atoms with Gasteiger partial charge in [0.2, 0.25) is 5.82 Å². The summed E-state index contributed by atoms with van der Waals surface area (Å²) in [6, 6.07) is 3.81. The minimum absolute atomic E-state index is 0.416. The Balaban J connectivity index is 2.00. The molecule has 1 aliphatic rings. The van der Waals surface area contributed by atoms with Crippen LogP contribution in [-0.4, -0.2) is 24.7 Å². The normalized spacial score (nSPS) is 19.2. The highest BCUT2D eigenvalue weighted by Crippen LogP contribution is 2.22. The number of hydrogen-bond acceptors (Lipinski definition) is 4. The first-order chi connectivity index (χ1) is 8.16. The van der Waals surface area contributed by atoms with E-state index < -0.39 is 16.4 Å². The number of nitro benzene ring substituents is 1. The first kappa shape index (κ1) is 11.8. The fourth-order valence-electron chi connectivity index (χ4n) is 1.77. The molecule has 1 atom stereocenters. The van der Waals surface area contributed by atoms with E-state index in [2.05, 4.69) is 5.32 Å². The van der Waals surface area contributed by atoms with Crippen molar-refractivity contribution in [1.29, 1.82) is 0 Å². The second-order valence-electron chi connectivity index (χ2n) is 4.03. The summed E-state index contributed by atoms with van der Waals surface area (Å²) in [6.07, 6.45) is 0.982. The quantitative estimate of drug-likeness (QED) is 0.647. The van der Waals surface area contributed by atoms with Crippen LogP contribution in [0.25, 0.3) is 0 Å². The van der Waals surface area contributed by atoms with Gasteiger partial charge in [-0.1, -0.05) is 0 Å². The zero-order valence-electron chi connectivity index (χ0n) is 9.19. The van der Waals surface area contributed by atoms with Crippen molar-refractivity contribution in [2.75, 3.05) is 25.1 Å². The third kappa shape index (κ3) is 2.91. The number of halogens is 1. The monoisotopic (exact) mass is 240 g/mol. The maximum atomic E-state index is 13.1. The fourth-order valence-corrected chi connectivity index (χ4v) is 1.77. The lowest BCUT2D eigenvalue weighted by Gasteiger charge is -2.10. The van der Waals surface area contributed by atoms with Crippen molar-refractivity contribution in [3.63, 3.8) is 0 Å². The molecule has 1 aromatic carbocycles. The van der Waals surface area contributed by atoms with E-state index in [-0.39, 0.29) is 0 Å². The van der Waals surface area contributed by atoms with Gasteiger partial charge in [0, 0.05) is 30.8 Å². The summed E-state index contributed by atoms with van der Waals surface area (Å²) in [4.78, 5) is 9.83. The Morgan fingerprint density at radius 3 is 3.06 bits per heavy atom. The third-order valence-electron chi connectivity index (χ3n) is 2.76. The molecular formula is C11H13FN2O3. The first-order valence-electron chi connectivity index (χ1n) is 5.42. The largest absolute Gasteiger partial charge is 0.384 e. The minimum atomic E-state index is -0.815. The Kier molecular flexibility index (Phi) is 3.53. The van der Waals surface area contributed by atoms with Gasteiger partial charge in [0.15, 0.2) is 0 Å². The molecule has 0 saturated carbocycles. The van der Waals surface area contributed by atoms with Gasteiger partial charge in [-0.2, -0.15) is 4.39 Å². The molecule has 1 fully saturated rings. The lowest BCUT2D eigenvalue weighted by Crippen LogP contribution is -2.14. The van der Waals surface area contributed by atoms with E-state index in [0.717, 1.165) is 19.1 Å². The number of rotatable bonds is 4. The molecule has 1 N–H and O–H groups in total. The Morgan fingerprint density at radius 2 is 2.41 bits per heavy atom. The third-order valence-corrected chi connectivity index (χ3v) is 2.76. The van der Waals surface area contributed by atoms with Crippen LogP contribution in [0, 0.1) is 21.8 Å². The molecule has 0 bridgehead atoms. The Bertz CT molecular complexity index is 419. The van der Waals surface area contributed by atoms with E-state index in [1.54, 1.807) is 0 Å². The number of nitrogens with one attached hydrogen (secondary N) is 1. The molecule has 6 heteroatoms. The van der Waals surface area contributed by atoms with Crippen LogP contribution in [0.15, 0.2) is 18.2 Å². The van der Waals surface area contributed by atoms with Gasteiger partial charge in [-0.3, -0.25) is 10.1 Å². The molecule has 0 amide bonds. The fraction of sp³-hybridized carbons (Fsp3) is 0.455. The van der Waals surface area contributed by atoms with Gasteiger partial charge < -0.3 is 10.1 Å². The maximum absolute atomic E-state index is 13.1. The summed E-state index contributed by atoms with van der Waals surface area (Å²) in [5.74, 6) is -0.399. The molecule has 2 rings (SSSR count). The molecule has 17 heavy (non-hydrogen) atoms. The average molecular weight is 240 g/mol. The zero-order valence-corrected chi connectivity index (χ0v) is 9.19. The van der Waals surface area contributed by atoms with Crippen LogP contribution in [-0.2, 0) is 4.74 Å². The van der Waals surface area contributed by atoms with Crippen molar-refractivity contribution in [2.45, 2.75) is 6.42 Å². The summed E-state index contributed by atoms with van der Waals surface area (Å²) >= 11 is 0. The van der Waals surface area contributed by atoms with Crippen molar-refractivity contribution in [1.82, 2.24) is 0 Å². The van der Waals surface area contributed by atoms with Crippen LogP contribution in [0.3, 0.4) is 0 Å². The van der Waals surface area contributed by atoms with Crippen LogP contribution in [0.5, 0.6) is 0 Å². The highest BCUT2D eigenvalue weighted by Gasteiger charge is 2.17. The van der Waals surface area contributed by atoms with Gasteiger partial charge in [0.25, 0.3) is 0 Å². The predicted molar refractivity (Wildman–Crippen MR) is 60.5 cm³/mol.